The Labute approximate surface area is 137 Å². The third-order valence-electron chi connectivity index (χ3n) is 3.60. The van der Waals surface area contributed by atoms with Crippen LogP contribution in [-0.2, 0) is 4.79 Å². The van der Waals surface area contributed by atoms with Gasteiger partial charge in [-0.2, -0.15) is 0 Å². The summed E-state index contributed by atoms with van der Waals surface area (Å²) in [5.41, 5.74) is 5.68. The van der Waals surface area contributed by atoms with Crippen LogP contribution in [0, 0.1) is 0 Å². The maximum Gasteiger partial charge on any atom is 0.222 e. The lowest BCUT2D eigenvalue weighted by Crippen LogP contribution is -2.39. The predicted molar refractivity (Wildman–Crippen MR) is 87.2 cm³/mol. The molecule has 1 saturated heterocycles. The van der Waals surface area contributed by atoms with Gasteiger partial charge in [0.05, 0.1) is 11.6 Å². The van der Waals surface area contributed by atoms with Crippen LogP contribution in [0.15, 0.2) is 24.3 Å². The fourth-order valence-electron chi connectivity index (χ4n) is 2.52. The topological polar surface area (TPSA) is 55.6 Å². The molecule has 0 spiro atoms. The second-order valence-corrected chi connectivity index (χ2v) is 5.41. The number of likely N-dealkylation sites (tertiary alicyclic amines) is 1. The van der Waals surface area contributed by atoms with Gasteiger partial charge in [-0.15, -0.1) is 12.4 Å². The Kier molecular flexibility index (Phi) is 7.86. The van der Waals surface area contributed by atoms with Crippen LogP contribution < -0.4 is 10.5 Å². The number of carbonyl (C=O) groups is 1. The van der Waals surface area contributed by atoms with Crippen molar-refractivity contribution in [1.82, 2.24) is 4.90 Å². The van der Waals surface area contributed by atoms with Crippen LogP contribution in [0.4, 0.5) is 0 Å². The smallest absolute Gasteiger partial charge is 0.222 e. The molecule has 6 heteroatoms. The summed E-state index contributed by atoms with van der Waals surface area (Å²) in [6.45, 7) is 1.89. The van der Waals surface area contributed by atoms with Crippen LogP contribution in [0.25, 0.3) is 0 Å². The second kappa shape index (κ2) is 9.13. The molecule has 0 bridgehead atoms. The van der Waals surface area contributed by atoms with Crippen LogP contribution in [0.3, 0.4) is 0 Å². The molecule has 2 N–H and O–H groups in total. The van der Waals surface area contributed by atoms with Crippen LogP contribution in [0.1, 0.15) is 25.7 Å². The van der Waals surface area contributed by atoms with Gasteiger partial charge in [-0.25, -0.2) is 0 Å². The summed E-state index contributed by atoms with van der Waals surface area (Å²) in [6.07, 6.45) is 3.28. The lowest BCUT2D eigenvalue weighted by atomic mass is 10.2. The summed E-state index contributed by atoms with van der Waals surface area (Å²) >= 11 is 5.99. The third kappa shape index (κ3) is 5.06. The van der Waals surface area contributed by atoms with Gasteiger partial charge in [0.25, 0.3) is 0 Å². The molecular formula is C15H22Cl2N2O2. The van der Waals surface area contributed by atoms with E-state index in [0.717, 1.165) is 19.4 Å². The van der Waals surface area contributed by atoms with Gasteiger partial charge in [0.1, 0.15) is 5.75 Å². The quantitative estimate of drug-likeness (QED) is 0.815. The van der Waals surface area contributed by atoms with Gasteiger partial charge in [-0.1, -0.05) is 23.7 Å². The Morgan fingerprint density at radius 1 is 1.43 bits per heavy atom. The van der Waals surface area contributed by atoms with E-state index in [1.807, 2.05) is 23.1 Å². The Hall–Kier alpha value is -0.970. The molecule has 1 atom stereocenters. The highest BCUT2D eigenvalue weighted by molar-refractivity contribution is 6.32. The molecule has 0 aromatic heterocycles. The molecule has 4 nitrogen and oxygen atoms in total. The summed E-state index contributed by atoms with van der Waals surface area (Å²) in [5, 5.41) is 0.599. The zero-order valence-corrected chi connectivity index (χ0v) is 13.5. The molecule has 2 rings (SSSR count). The van der Waals surface area contributed by atoms with E-state index in [-0.39, 0.29) is 24.4 Å². The Morgan fingerprint density at radius 3 is 2.90 bits per heavy atom. The van der Waals surface area contributed by atoms with E-state index in [4.69, 9.17) is 22.1 Å². The summed E-state index contributed by atoms with van der Waals surface area (Å²) in [5.74, 6) is 0.850. The highest BCUT2D eigenvalue weighted by Gasteiger charge is 2.26. The number of amides is 1. The number of ether oxygens (including phenoxy) is 1. The molecule has 1 unspecified atom stereocenters. The highest BCUT2D eigenvalue weighted by Crippen LogP contribution is 2.23. The van der Waals surface area contributed by atoms with Crippen molar-refractivity contribution in [3.8, 4) is 5.75 Å². The molecule has 118 valence electrons. The van der Waals surface area contributed by atoms with E-state index >= 15 is 0 Å². The molecule has 0 radical (unpaired) electrons. The molecule has 21 heavy (non-hydrogen) atoms. The molecule has 0 aliphatic carbocycles. The summed E-state index contributed by atoms with van der Waals surface area (Å²) < 4.78 is 5.58. The van der Waals surface area contributed by atoms with E-state index in [0.29, 0.717) is 36.8 Å². The molecule has 1 heterocycles. The average Bonchev–Trinajstić information content (AvgIpc) is 2.93. The number of nitrogens with two attached hydrogens (primary N) is 1. The van der Waals surface area contributed by atoms with Crippen molar-refractivity contribution in [2.24, 2.45) is 5.73 Å². The fourth-order valence-corrected chi connectivity index (χ4v) is 2.71. The molecule has 1 aromatic carbocycles. The van der Waals surface area contributed by atoms with Crippen molar-refractivity contribution in [2.45, 2.75) is 31.7 Å². The first-order chi connectivity index (χ1) is 9.72. The van der Waals surface area contributed by atoms with Crippen molar-refractivity contribution in [3.63, 3.8) is 0 Å². The van der Waals surface area contributed by atoms with Crippen molar-refractivity contribution in [3.05, 3.63) is 29.3 Å². The number of hydrogen-bond donors (Lipinski definition) is 1. The number of nitrogens with zero attached hydrogens (tertiary/aromatic N) is 1. The summed E-state index contributed by atoms with van der Waals surface area (Å²) in [4.78, 5) is 14.0. The van der Waals surface area contributed by atoms with E-state index in [1.165, 1.54) is 0 Å². The molecule has 1 aliphatic rings. The van der Waals surface area contributed by atoms with Gasteiger partial charge in [0.2, 0.25) is 5.91 Å². The minimum Gasteiger partial charge on any atom is -0.492 e. The van der Waals surface area contributed by atoms with Crippen molar-refractivity contribution in [1.29, 1.82) is 0 Å². The van der Waals surface area contributed by atoms with Gasteiger partial charge in [0, 0.05) is 25.6 Å². The number of hydrogen-bond acceptors (Lipinski definition) is 3. The number of benzene rings is 1. The fraction of sp³-hybridized carbons (Fsp3) is 0.533. The van der Waals surface area contributed by atoms with Gasteiger partial charge < -0.3 is 15.4 Å². The summed E-state index contributed by atoms with van der Waals surface area (Å²) in [7, 11) is 0. The number of para-hydroxylation sites is 1. The van der Waals surface area contributed by atoms with Gasteiger partial charge in [-0.3, -0.25) is 4.79 Å². The van der Waals surface area contributed by atoms with E-state index in [9.17, 15) is 4.79 Å². The maximum absolute atomic E-state index is 12.1. The Balaban J connectivity index is 0.00000220. The van der Waals surface area contributed by atoms with Crippen molar-refractivity contribution < 1.29 is 9.53 Å². The zero-order chi connectivity index (χ0) is 14.4. The van der Waals surface area contributed by atoms with Gasteiger partial charge >= 0.3 is 0 Å². The van der Waals surface area contributed by atoms with E-state index in [2.05, 4.69) is 0 Å². The Morgan fingerprint density at radius 2 is 2.19 bits per heavy atom. The first-order valence-electron chi connectivity index (χ1n) is 7.09. The van der Waals surface area contributed by atoms with Crippen LogP contribution in [0.5, 0.6) is 5.75 Å². The minimum absolute atomic E-state index is 0. The minimum atomic E-state index is 0. The number of carbonyl (C=O) groups excluding carboxylic acids is 1. The van der Waals surface area contributed by atoms with Crippen LogP contribution in [-0.4, -0.2) is 36.5 Å². The van der Waals surface area contributed by atoms with Gasteiger partial charge in [-0.05, 0) is 31.4 Å². The lowest BCUT2D eigenvalue weighted by Gasteiger charge is -2.23. The van der Waals surface area contributed by atoms with Crippen molar-refractivity contribution >= 4 is 29.9 Å². The standard InChI is InChI=1S/C15H21ClN2O2.ClH/c16-13-6-1-2-7-14(13)20-10-4-8-15(19)18-9-3-5-12(18)11-17;/h1-2,6-7,12H,3-5,8-11,17H2;1H. The SMILES string of the molecule is Cl.NCC1CCCN1C(=O)CCCOc1ccccc1Cl. The molecule has 1 aromatic rings. The highest BCUT2D eigenvalue weighted by atomic mass is 35.5. The molecule has 1 aliphatic heterocycles. The molecule has 1 amide bonds. The zero-order valence-electron chi connectivity index (χ0n) is 12.0. The average molecular weight is 333 g/mol. The second-order valence-electron chi connectivity index (χ2n) is 5.00. The first kappa shape index (κ1) is 18.1. The molecule has 0 saturated carbocycles. The predicted octanol–water partition coefficient (Wildman–Crippen LogP) is 2.87. The largest absolute Gasteiger partial charge is 0.492 e. The monoisotopic (exact) mass is 332 g/mol. The number of rotatable bonds is 6. The van der Waals surface area contributed by atoms with Crippen LogP contribution >= 0.6 is 24.0 Å². The third-order valence-corrected chi connectivity index (χ3v) is 3.91. The summed E-state index contributed by atoms with van der Waals surface area (Å²) in [6, 6.07) is 7.58. The van der Waals surface area contributed by atoms with E-state index < -0.39 is 0 Å². The van der Waals surface area contributed by atoms with Gasteiger partial charge in [0.15, 0.2) is 0 Å². The normalized spacial score (nSPS) is 17.4. The molecular weight excluding hydrogens is 311 g/mol. The molecule has 1 fully saturated rings. The maximum atomic E-state index is 12.1. The van der Waals surface area contributed by atoms with E-state index in [1.54, 1.807) is 6.07 Å². The van der Waals surface area contributed by atoms with Crippen molar-refractivity contribution in [2.75, 3.05) is 19.7 Å². The Bertz CT molecular complexity index is 457. The number of halogens is 2. The lowest BCUT2D eigenvalue weighted by molar-refractivity contribution is -0.132. The first-order valence-corrected chi connectivity index (χ1v) is 7.47. The van der Waals surface area contributed by atoms with Crippen LogP contribution in [0.2, 0.25) is 5.02 Å².